The minimum absolute atomic E-state index is 0.700. The van der Waals surface area contributed by atoms with Crippen LogP contribution in [0.25, 0.3) is 11.0 Å². The Balaban J connectivity index is 1.80. The molecule has 0 aliphatic rings. The quantitative estimate of drug-likeness (QED) is 0.525. The van der Waals surface area contributed by atoms with E-state index in [-0.39, 0.29) is 0 Å². The molecule has 0 saturated heterocycles. The van der Waals surface area contributed by atoms with Gasteiger partial charge in [-0.15, -0.1) is 0 Å². The van der Waals surface area contributed by atoms with E-state index in [4.69, 9.17) is 9.97 Å². The number of hydrogen-bond donors (Lipinski definition) is 2. The summed E-state index contributed by atoms with van der Waals surface area (Å²) in [6.07, 6.45) is 0. The van der Waals surface area contributed by atoms with Crippen LogP contribution in [0.1, 0.15) is 5.56 Å². The maximum atomic E-state index is 4.79. The molecule has 0 saturated carbocycles. The predicted octanol–water partition coefficient (Wildman–Crippen LogP) is 5.43. The van der Waals surface area contributed by atoms with Crippen molar-refractivity contribution in [3.05, 3.63) is 84.4 Å². The van der Waals surface area contributed by atoms with Gasteiger partial charge in [0.25, 0.3) is 0 Å². The van der Waals surface area contributed by atoms with E-state index in [1.54, 1.807) is 0 Å². The van der Waals surface area contributed by atoms with Gasteiger partial charge in [-0.05, 0) is 48.9 Å². The highest BCUT2D eigenvalue weighted by Crippen LogP contribution is 2.27. The summed E-state index contributed by atoms with van der Waals surface area (Å²) in [6.45, 7) is 2.06. The summed E-state index contributed by atoms with van der Waals surface area (Å²) < 4.78 is 0. The number of para-hydroxylation sites is 2. The fraction of sp³-hybridized carbons (Fsp3) is 0.0476. The average Bonchev–Trinajstić information content (AvgIpc) is 2.64. The second kappa shape index (κ2) is 6.61. The Morgan fingerprint density at radius 3 is 1.68 bits per heavy atom. The molecule has 3 aromatic carbocycles. The number of benzene rings is 3. The predicted molar refractivity (Wildman–Crippen MR) is 104 cm³/mol. The number of aromatic nitrogens is 2. The Hall–Kier alpha value is -3.40. The fourth-order valence-electron chi connectivity index (χ4n) is 2.66. The molecule has 1 heterocycles. The van der Waals surface area contributed by atoms with Crippen molar-refractivity contribution in [3.63, 3.8) is 0 Å². The molecule has 4 rings (SSSR count). The van der Waals surface area contributed by atoms with Crippen LogP contribution in [-0.2, 0) is 0 Å². The lowest BCUT2D eigenvalue weighted by molar-refractivity contribution is 1.26. The monoisotopic (exact) mass is 326 g/mol. The van der Waals surface area contributed by atoms with Gasteiger partial charge < -0.3 is 10.6 Å². The molecule has 4 nitrogen and oxygen atoms in total. The Morgan fingerprint density at radius 1 is 0.600 bits per heavy atom. The van der Waals surface area contributed by atoms with Gasteiger partial charge >= 0.3 is 0 Å². The number of aryl methyl sites for hydroxylation is 1. The molecule has 0 amide bonds. The Labute approximate surface area is 146 Å². The number of nitrogens with zero attached hydrogens (tertiary/aromatic N) is 2. The van der Waals surface area contributed by atoms with Crippen molar-refractivity contribution in [2.24, 2.45) is 0 Å². The molecule has 0 fully saturated rings. The Bertz CT molecular complexity index is 998. The molecule has 122 valence electrons. The molecule has 0 spiro atoms. The summed E-state index contributed by atoms with van der Waals surface area (Å²) in [5.41, 5.74) is 4.84. The van der Waals surface area contributed by atoms with E-state index in [2.05, 4.69) is 17.6 Å². The smallest absolute Gasteiger partial charge is 0.174 e. The molecule has 0 radical (unpaired) electrons. The normalized spacial score (nSPS) is 10.6. The van der Waals surface area contributed by atoms with Gasteiger partial charge in [0.05, 0.1) is 11.0 Å². The van der Waals surface area contributed by atoms with E-state index in [0.717, 1.165) is 28.0 Å². The molecule has 0 aliphatic heterocycles. The lowest BCUT2D eigenvalue weighted by Gasteiger charge is -2.13. The minimum Gasteiger partial charge on any atom is -0.337 e. The highest BCUT2D eigenvalue weighted by atomic mass is 15.1. The van der Waals surface area contributed by atoms with Crippen LogP contribution in [0.15, 0.2) is 78.9 Å². The van der Waals surface area contributed by atoms with Crippen LogP contribution in [0.2, 0.25) is 0 Å². The summed E-state index contributed by atoms with van der Waals surface area (Å²) in [4.78, 5) is 9.56. The van der Waals surface area contributed by atoms with Crippen LogP contribution in [0.3, 0.4) is 0 Å². The zero-order chi connectivity index (χ0) is 17.1. The number of hydrogen-bond acceptors (Lipinski definition) is 4. The first-order chi connectivity index (χ1) is 12.3. The summed E-state index contributed by atoms with van der Waals surface area (Å²) in [7, 11) is 0. The van der Waals surface area contributed by atoms with Crippen LogP contribution in [0, 0.1) is 6.92 Å². The SMILES string of the molecule is Cc1ccc2nc(Nc3ccccc3)c(Nc3ccccc3)nc2c1. The average molecular weight is 326 g/mol. The van der Waals surface area contributed by atoms with Gasteiger partial charge in [-0.2, -0.15) is 0 Å². The van der Waals surface area contributed by atoms with Crippen LogP contribution >= 0.6 is 0 Å². The van der Waals surface area contributed by atoms with E-state index < -0.39 is 0 Å². The van der Waals surface area contributed by atoms with Crippen LogP contribution in [0.5, 0.6) is 0 Å². The molecular weight excluding hydrogens is 308 g/mol. The molecule has 0 unspecified atom stereocenters. The van der Waals surface area contributed by atoms with Crippen LogP contribution < -0.4 is 10.6 Å². The highest BCUT2D eigenvalue weighted by molar-refractivity contribution is 5.83. The van der Waals surface area contributed by atoms with Gasteiger partial charge in [0.15, 0.2) is 11.6 Å². The molecule has 0 aliphatic carbocycles. The fourth-order valence-corrected chi connectivity index (χ4v) is 2.66. The first kappa shape index (κ1) is 15.1. The summed E-state index contributed by atoms with van der Waals surface area (Å²) >= 11 is 0. The molecule has 1 aromatic heterocycles. The van der Waals surface area contributed by atoms with E-state index in [9.17, 15) is 0 Å². The van der Waals surface area contributed by atoms with E-state index in [0.29, 0.717) is 11.6 Å². The van der Waals surface area contributed by atoms with Crippen molar-refractivity contribution in [1.82, 2.24) is 9.97 Å². The first-order valence-corrected chi connectivity index (χ1v) is 8.20. The summed E-state index contributed by atoms with van der Waals surface area (Å²) in [5.74, 6) is 1.40. The van der Waals surface area contributed by atoms with Crippen LogP contribution in [0.4, 0.5) is 23.0 Å². The van der Waals surface area contributed by atoms with Gasteiger partial charge in [0.1, 0.15) is 0 Å². The van der Waals surface area contributed by atoms with Gasteiger partial charge in [-0.1, -0.05) is 42.5 Å². The number of rotatable bonds is 4. The summed E-state index contributed by atoms with van der Waals surface area (Å²) in [6, 6.07) is 26.1. The third-order valence-corrected chi connectivity index (χ3v) is 3.89. The standard InChI is InChI=1S/C21H18N4/c1-15-12-13-18-19(14-15)25-21(23-17-10-6-3-7-11-17)20(24-18)22-16-8-4-2-5-9-16/h2-14H,1H3,(H,22,24)(H,23,25). The summed E-state index contributed by atoms with van der Waals surface area (Å²) in [5, 5.41) is 6.73. The number of anilines is 4. The highest BCUT2D eigenvalue weighted by Gasteiger charge is 2.10. The number of fused-ring (bicyclic) bond motifs is 1. The third-order valence-electron chi connectivity index (χ3n) is 3.89. The van der Waals surface area contributed by atoms with E-state index >= 15 is 0 Å². The second-order valence-electron chi connectivity index (χ2n) is 5.90. The Morgan fingerprint density at radius 2 is 1.12 bits per heavy atom. The zero-order valence-corrected chi connectivity index (χ0v) is 13.9. The third kappa shape index (κ3) is 3.43. The zero-order valence-electron chi connectivity index (χ0n) is 13.9. The maximum absolute atomic E-state index is 4.79. The van der Waals surface area contributed by atoms with Crippen molar-refractivity contribution in [3.8, 4) is 0 Å². The van der Waals surface area contributed by atoms with Crippen molar-refractivity contribution in [1.29, 1.82) is 0 Å². The molecular formula is C21H18N4. The van der Waals surface area contributed by atoms with Gasteiger partial charge in [-0.3, -0.25) is 0 Å². The van der Waals surface area contributed by atoms with Crippen molar-refractivity contribution >= 4 is 34.0 Å². The lowest BCUT2D eigenvalue weighted by atomic mass is 10.2. The van der Waals surface area contributed by atoms with Crippen molar-refractivity contribution < 1.29 is 0 Å². The van der Waals surface area contributed by atoms with Crippen LogP contribution in [-0.4, -0.2) is 9.97 Å². The molecule has 0 atom stereocenters. The Kier molecular flexibility index (Phi) is 4.01. The van der Waals surface area contributed by atoms with E-state index in [1.807, 2.05) is 78.9 Å². The molecule has 25 heavy (non-hydrogen) atoms. The van der Waals surface area contributed by atoms with E-state index in [1.165, 1.54) is 0 Å². The van der Waals surface area contributed by atoms with Crippen molar-refractivity contribution in [2.75, 3.05) is 10.6 Å². The first-order valence-electron chi connectivity index (χ1n) is 8.20. The lowest BCUT2D eigenvalue weighted by Crippen LogP contribution is -2.03. The number of nitrogens with one attached hydrogen (secondary N) is 2. The molecule has 0 bridgehead atoms. The molecule has 4 aromatic rings. The van der Waals surface area contributed by atoms with Crippen molar-refractivity contribution in [2.45, 2.75) is 6.92 Å². The minimum atomic E-state index is 0.700. The van der Waals surface area contributed by atoms with Gasteiger partial charge in [0.2, 0.25) is 0 Å². The van der Waals surface area contributed by atoms with Gasteiger partial charge in [-0.25, -0.2) is 9.97 Å². The maximum Gasteiger partial charge on any atom is 0.174 e. The topological polar surface area (TPSA) is 49.8 Å². The van der Waals surface area contributed by atoms with Gasteiger partial charge in [0, 0.05) is 11.4 Å². The second-order valence-corrected chi connectivity index (χ2v) is 5.90. The largest absolute Gasteiger partial charge is 0.337 e. The molecule has 4 heteroatoms. The molecule has 2 N–H and O–H groups in total.